The number of hydrogen-bond donors (Lipinski definition) is 0. The highest BCUT2D eigenvalue weighted by molar-refractivity contribution is 5.82. The Morgan fingerprint density at radius 3 is 2.41 bits per heavy atom. The molecular weight excluding hydrogens is 212 g/mol. The van der Waals surface area contributed by atoms with Crippen molar-refractivity contribution in [2.75, 3.05) is 6.61 Å². The fourth-order valence-corrected chi connectivity index (χ4v) is 1.63. The highest BCUT2D eigenvalue weighted by Crippen LogP contribution is 2.30. The van der Waals surface area contributed by atoms with Crippen LogP contribution in [0, 0.1) is 11.3 Å². The molecule has 0 amide bonds. The lowest BCUT2D eigenvalue weighted by molar-refractivity contribution is -0.138. The Hall–Kier alpha value is -0.790. The van der Waals surface area contributed by atoms with Crippen molar-refractivity contribution >= 4 is 5.97 Å². The second-order valence-corrected chi connectivity index (χ2v) is 5.81. The molecule has 0 aromatic carbocycles. The van der Waals surface area contributed by atoms with Crippen molar-refractivity contribution in [3.8, 4) is 0 Å². The van der Waals surface area contributed by atoms with Crippen LogP contribution in [0.4, 0.5) is 0 Å². The third kappa shape index (κ3) is 7.19. The number of carbonyl (C=O) groups is 1. The van der Waals surface area contributed by atoms with Gasteiger partial charge in [-0.05, 0) is 31.1 Å². The van der Waals surface area contributed by atoms with Crippen molar-refractivity contribution in [3.63, 3.8) is 0 Å². The van der Waals surface area contributed by atoms with Crippen LogP contribution in [0.25, 0.3) is 0 Å². The summed E-state index contributed by atoms with van der Waals surface area (Å²) < 4.78 is 5.18. The molecule has 0 aromatic heterocycles. The molecule has 2 nitrogen and oxygen atoms in total. The zero-order valence-corrected chi connectivity index (χ0v) is 12.3. The standard InChI is InChI=1S/C15H28O2/c1-7-9-15(5,6)13(4)11-14(16)17-10-8-12(2)3/h11-12H,7-10H2,1-6H3/b13-11+. The molecule has 0 unspecified atom stereocenters. The van der Waals surface area contributed by atoms with Crippen LogP contribution in [0.2, 0.25) is 0 Å². The highest BCUT2D eigenvalue weighted by Gasteiger charge is 2.19. The van der Waals surface area contributed by atoms with Crippen LogP contribution in [0.15, 0.2) is 11.6 Å². The molecule has 0 fully saturated rings. The Bertz CT molecular complexity index is 262. The summed E-state index contributed by atoms with van der Waals surface area (Å²) in [4.78, 5) is 11.6. The summed E-state index contributed by atoms with van der Waals surface area (Å²) in [6.45, 7) is 13.3. The van der Waals surface area contributed by atoms with E-state index in [9.17, 15) is 4.79 Å². The Balaban J connectivity index is 4.23. The average molecular weight is 240 g/mol. The smallest absolute Gasteiger partial charge is 0.330 e. The minimum Gasteiger partial charge on any atom is -0.463 e. The van der Waals surface area contributed by atoms with E-state index in [0.717, 1.165) is 24.8 Å². The molecule has 0 rings (SSSR count). The van der Waals surface area contributed by atoms with Crippen LogP contribution in [0.3, 0.4) is 0 Å². The van der Waals surface area contributed by atoms with Gasteiger partial charge in [-0.25, -0.2) is 4.79 Å². The number of allylic oxidation sites excluding steroid dienone is 1. The molecule has 0 N–H and O–H groups in total. The average Bonchev–Trinajstić information content (AvgIpc) is 2.16. The molecule has 0 heterocycles. The molecule has 0 spiro atoms. The number of hydrogen-bond acceptors (Lipinski definition) is 2. The van der Waals surface area contributed by atoms with Crippen LogP contribution in [-0.4, -0.2) is 12.6 Å². The van der Waals surface area contributed by atoms with Crippen LogP contribution >= 0.6 is 0 Å². The minimum atomic E-state index is -0.202. The fraction of sp³-hybridized carbons (Fsp3) is 0.800. The molecule has 0 aromatic rings. The van der Waals surface area contributed by atoms with Crippen molar-refractivity contribution in [3.05, 3.63) is 11.6 Å². The maximum atomic E-state index is 11.6. The van der Waals surface area contributed by atoms with Gasteiger partial charge in [-0.3, -0.25) is 0 Å². The maximum Gasteiger partial charge on any atom is 0.330 e. The summed E-state index contributed by atoms with van der Waals surface area (Å²) in [5, 5.41) is 0. The summed E-state index contributed by atoms with van der Waals surface area (Å²) in [6.07, 6.45) is 4.79. The van der Waals surface area contributed by atoms with Gasteiger partial charge in [-0.2, -0.15) is 0 Å². The van der Waals surface area contributed by atoms with E-state index >= 15 is 0 Å². The Morgan fingerprint density at radius 1 is 1.35 bits per heavy atom. The van der Waals surface area contributed by atoms with Gasteiger partial charge >= 0.3 is 5.97 Å². The quantitative estimate of drug-likeness (QED) is 0.488. The van der Waals surface area contributed by atoms with Crippen LogP contribution in [0.5, 0.6) is 0 Å². The number of ether oxygens (including phenoxy) is 1. The van der Waals surface area contributed by atoms with E-state index in [-0.39, 0.29) is 11.4 Å². The van der Waals surface area contributed by atoms with Crippen LogP contribution < -0.4 is 0 Å². The lowest BCUT2D eigenvalue weighted by atomic mass is 9.81. The predicted octanol–water partition coefficient (Wildman–Crippen LogP) is 4.35. The zero-order valence-electron chi connectivity index (χ0n) is 12.3. The van der Waals surface area contributed by atoms with E-state index < -0.39 is 0 Å². The second-order valence-electron chi connectivity index (χ2n) is 5.81. The van der Waals surface area contributed by atoms with Crippen LogP contribution in [0.1, 0.15) is 60.8 Å². The Morgan fingerprint density at radius 2 is 1.94 bits per heavy atom. The van der Waals surface area contributed by atoms with Crippen molar-refractivity contribution in [1.29, 1.82) is 0 Å². The van der Waals surface area contributed by atoms with Gasteiger partial charge in [0.25, 0.3) is 0 Å². The summed E-state index contributed by atoms with van der Waals surface area (Å²) in [5.74, 6) is 0.372. The fourth-order valence-electron chi connectivity index (χ4n) is 1.63. The number of carbonyl (C=O) groups excluding carboxylic acids is 1. The second kappa shape index (κ2) is 7.52. The first-order valence-corrected chi connectivity index (χ1v) is 6.65. The summed E-state index contributed by atoms with van der Waals surface area (Å²) in [6, 6.07) is 0. The van der Waals surface area contributed by atoms with Crippen molar-refractivity contribution < 1.29 is 9.53 Å². The highest BCUT2D eigenvalue weighted by atomic mass is 16.5. The zero-order chi connectivity index (χ0) is 13.5. The van der Waals surface area contributed by atoms with Gasteiger partial charge in [0.1, 0.15) is 0 Å². The van der Waals surface area contributed by atoms with E-state index in [1.807, 2.05) is 6.92 Å². The van der Waals surface area contributed by atoms with E-state index in [0.29, 0.717) is 12.5 Å². The summed E-state index contributed by atoms with van der Waals surface area (Å²) in [7, 11) is 0. The van der Waals surface area contributed by atoms with Crippen molar-refractivity contribution in [2.24, 2.45) is 11.3 Å². The molecular formula is C15H28O2. The summed E-state index contributed by atoms with van der Waals surface area (Å²) >= 11 is 0. The largest absolute Gasteiger partial charge is 0.463 e. The first-order valence-electron chi connectivity index (χ1n) is 6.65. The minimum absolute atomic E-state index is 0.0891. The lowest BCUT2D eigenvalue weighted by Gasteiger charge is -2.25. The van der Waals surface area contributed by atoms with Gasteiger partial charge in [-0.15, -0.1) is 0 Å². The molecule has 0 aliphatic heterocycles. The van der Waals surface area contributed by atoms with Gasteiger partial charge in [0.2, 0.25) is 0 Å². The third-order valence-electron chi connectivity index (χ3n) is 3.22. The molecule has 0 aliphatic rings. The van der Waals surface area contributed by atoms with Gasteiger partial charge in [0.15, 0.2) is 0 Å². The number of rotatable bonds is 7. The van der Waals surface area contributed by atoms with Gasteiger partial charge in [0.05, 0.1) is 6.61 Å². The van der Waals surface area contributed by atoms with Crippen LogP contribution in [-0.2, 0) is 9.53 Å². The lowest BCUT2D eigenvalue weighted by Crippen LogP contribution is -2.15. The first-order chi connectivity index (χ1) is 7.79. The SMILES string of the molecule is CCCC(C)(C)/C(C)=C/C(=O)OCCC(C)C. The van der Waals surface area contributed by atoms with Gasteiger partial charge in [-0.1, -0.05) is 46.6 Å². The topological polar surface area (TPSA) is 26.3 Å². The van der Waals surface area contributed by atoms with E-state index in [2.05, 4.69) is 34.6 Å². The van der Waals surface area contributed by atoms with Gasteiger partial charge < -0.3 is 4.74 Å². The molecule has 2 heteroatoms. The molecule has 0 bridgehead atoms. The first kappa shape index (κ1) is 16.2. The van der Waals surface area contributed by atoms with E-state index in [1.54, 1.807) is 6.08 Å². The van der Waals surface area contributed by atoms with Crippen molar-refractivity contribution in [1.82, 2.24) is 0 Å². The summed E-state index contributed by atoms with van der Waals surface area (Å²) in [5.41, 5.74) is 1.19. The molecule has 0 saturated carbocycles. The van der Waals surface area contributed by atoms with Crippen molar-refractivity contribution in [2.45, 2.75) is 60.8 Å². The predicted molar refractivity (Wildman–Crippen MR) is 72.9 cm³/mol. The van der Waals surface area contributed by atoms with E-state index in [4.69, 9.17) is 4.74 Å². The number of esters is 1. The van der Waals surface area contributed by atoms with Gasteiger partial charge in [0, 0.05) is 6.08 Å². The Labute approximate surface area is 106 Å². The molecule has 17 heavy (non-hydrogen) atoms. The molecule has 0 saturated heterocycles. The third-order valence-corrected chi connectivity index (χ3v) is 3.22. The van der Waals surface area contributed by atoms with E-state index in [1.165, 1.54) is 0 Å². The Kier molecular flexibility index (Phi) is 7.17. The molecule has 100 valence electrons. The maximum absolute atomic E-state index is 11.6. The molecule has 0 radical (unpaired) electrons. The normalized spacial score (nSPS) is 13.0. The molecule has 0 atom stereocenters. The molecule has 0 aliphatic carbocycles. The monoisotopic (exact) mass is 240 g/mol.